The van der Waals surface area contributed by atoms with Gasteiger partial charge in [0.1, 0.15) is 5.41 Å². The summed E-state index contributed by atoms with van der Waals surface area (Å²) in [5, 5.41) is 17.5. The molecule has 0 saturated heterocycles. The van der Waals surface area contributed by atoms with Gasteiger partial charge in [0, 0.05) is 33.4 Å². The molecule has 3 rings (SSSR count). The molecule has 0 bridgehead atoms. The molecule has 158 valence electrons. The molecule has 0 saturated carbocycles. The number of aliphatic hydroxyl groups is 1. The van der Waals surface area contributed by atoms with Crippen molar-refractivity contribution in [2.24, 2.45) is 0 Å². The van der Waals surface area contributed by atoms with Gasteiger partial charge < -0.3 is 10.0 Å². The number of nitrogens with zero attached hydrogens (tertiary/aromatic N) is 4. The fraction of sp³-hybridized carbons (Fsp3) is 0.375. The van der Waals surface area contributed by atoms with Crippen LogP contribution in [0.2, 0.25) is 0 Å². The first-order chi connectivity index (χ1) is 14.6. The second kappa shape index (κ2) is 10.2. The molecule has 1 amide bonds. The van der Waals surface area contributed by atoms with E-state index in [1.807, 2.05) is 71.5 Å². The van der Waals surface area contributed by atoms with Crippen LogP contribution in [0.15, 0.2) is 66.9 Å². The lowest BCUT2D eigenvalue weighted by Gasteiger charge is -2.36. The summed E-state index contributed by atoms with van der Waals surface area (Å²) in [5.74, 6) is 0.0446. The number of aromatic nitrogens is 3. The number of unbranched alkanes of at least 4 members (excludes halogenated alkanes) is 1. The van der Waals surface area contributed by atoms with Gasteiger partial charge in [-0.2, -0.15) is 0 Å². The summed E-state index contributed by atoms with van der Waals surface area (Å²) in [4.78, 5) is 15.3. The van der Waals surface area contributed by atoms with E-state index in [4.69, 9.17) is 5.11 Å². The number of aliphatic hydroxyl groups excluding tert-OH is 1. The fourth-order valence-corrected chi connectivity index (χ4v) is 3.90. The predicted octanol–water partition coefficient (Wildman–Crippen LogP) is 3.06. The van der Waals surface area contributed by atoms with Gasteiger partial charge in [0.2, 0.25) is 5.91 Å². The quantitative estimate of drug-likeness (QED) is 0.525. The van der Waals surface area contributed by atoms with E-state index in [0.29, 0.717) is 13.0 Å². The van der Waals surface area contributed by atoms with Gasteiger partial charge in [0.05, 0.1) is 5.69 Å². The van der Waals surface area contributed by atoms with Crippen LogP contribution in [0.1, 0.15) is 36.1 Å². The van der Waals surface area contributed by atoms with E-state index in [0.717, 1.165) is 36.1 Å². The molecular weight excluding hydrogens is 376 g/mol. The number of aryl methyl sites for hydroxylation is 2. The monoisotopic (exact) mass is 406 g/mol. The van der Waals surface area contributed by atoms with E-state index in [9.17, 15) is 4.79 Å². The Bertz CT molecular complexity index is 883. The van der Waals surface area contributed by atoms with Gasteiger partial charge in [-0.3, -0.25) is 9.48 Å². The number of rotatable bonds is 10. The molecule has 0 aliphatic rings. The zero-order valence-electron chi connectivity index (χ0n) is 17.7. The van der Waals surface area contributed by atoms with Crippen LogP contribution in [-0.4, -0.2) is 51.6 Å². The fourth-order valence-electron chi connectivity index (χ4n) is 3.90. The van der Waals surface area contributed by atoms with Crippen molar-refractivity contribution in [2.75, 3.05) is 20.7 Å². The Balaban J connectivity index is 1.94. The minimum atomic E-state index is -0.810. The molecule has 6 heteroatoms. The second-order valence-corrected chi connectivity index (χ2v) is 7.74. The number of carbonyl (C=O) groups is 1. The number of amides is 1. The Morgan fingerprint density at radius 2 is 1.60 bits per heavy atom. The average Bonchev–Trinajstić information content (AvgIpc) is 3.23. The largest absolute Gasteiger partial charge is 0.396 e. The molecule has 0 aliphatic carbocycles. The SMILES string of the molecule is CN(C)C(=O)C(CCn1cc(CCCCO)nn1)(c1ccccc1)c1ccccc1. The van der Waals surface area contributed by atoms with Crippen LogP contribution in [0, 0.1) is 0 Å². The Morgan fingerprint density at radius 3 is 2.13 bits per heavy atom. The summed E-state index contributed by atoms with van der Waals surface area (Å²) in [6, 6.07) is 19.9. The minimum absolute atomic E-state index is 0.0446. The van der Waals surface area contributed by atoms with Crippen molar-refractivity contribution < 1.29 is 9.90 Å². The van der Waals surface area contributed by atoms with Crippen LogP contribution in [-0.2, 0) is 23.2 Å². The average molecular weight is 407 g/mol. The zero-order chi connectivity index (χ0) is 21.4. The molecule has 0 unspecified atom stereocenters. The van der Waals surface area contributed by atoms with Crippen molar-refractivity contribution in [1.82, 2.24) is 19.9 Å². The number of likely N-dealkylation sites (N-methyl/N-ethyl adjacent to an activating group) is 1. The van der Waals surface area contributed by atoms with Gasteiger partial charge in [0.25, 0.3) is 0 Å². The highest BCUT2D eigenvalue weighted by atomic mass is 16.2. The van der Waals surface area contributed by atoms with Crippen molar-refractivity contribution in [3.05, 3.63) is 83.7 Å². The third kappa shape index (κ3) is 4.76. The molecule has 0 atom stereocenters. The van der Waals surface area contributed by atoms with E-state index in [-0.39, 0.29) is 12.5 Å². The number of carbonyl (C=O) groups excluding carboxylic acids is 1. The first-order valence-electron chi connectivity index (χ1n) is 10.4. The van der Waals surface area contributed by atoms with Gasteiger partial charge in [-0.1, -0.05) is 65.9 Å². The molecule has 1 N–H and O–H groups in total. The van der Waals surface area contributed by atoms with E-state index < -0.39 is 5.41 Å². The highest BCUT2D eigenvalue weighted by Crippen LogP contribution is 2.38. The number of benzene rings is 2. The van der Waals surface area contributed by atoms with Crippen molar-refractivity contribution in [3.63, 3.8) is 0 Å². The zero-order valence-corrected chi connectivity index (χ0v) is 17.7. The van der Waals surface area contributed by atoms with Crippen molar-refractivity contribution >= 4 is 5.91 Å². The van der Waals surface area contributed by atoms with Gasteiger partial charge in [-0.25, -0.2) is 0 Å². The van der Waals surface area contributed by atoms with Gasteiger partial charge >= 0.3 is 0 Å². The molecule has 0 spiro atoms. The molecule has 0 aliphatic heterocycles. The number of hydrogen-bond donors (Lipinski definition) is 1. The Morgan fingerprint density at radius 1 is 1.00 bits per heavy atom. The first-order valence-corrected chi connectivity index (χ1v) is 10.4. The molecule has 6 nitrogen and oxygen atoms in total. The highest BCUT2D eigenvalue weighted by molar-refractivity contribution is 5.91. The van der Waals surface area contributed by atoms with Gasteiger partial charge in [-0.05, 0) is 36.8 Å². The Kier molecular flexibility index (Phi) is 7.36. The van der Waals surface area contributed by atoms with Crippen LogP contribution < -0.4 is 0 Å². The molecule has 3 aromatic rings. The minimum Gasteiger partial charge on any atom is -0.396 e. The third-order valence-electron chi connectivity index (χ3n) is 5.45. The first kappa shape index (κ1) is 21.7. The van der Waals surface area contributed by atoms with Gasteiger partial charge in [-0.15, -0.1) is 5.10 Å². The van der Waals surface area contributed by atoms with Crippen LogP contribution in [0.25, 0.3) is 0 Å². The topological polar surface area (TPSA) is 71.2 Å². The van der Waals surface area contributed by atoms with Crippen molar-refractivity contribution in [3.8, 4) is 0 Å². The van der Waals surface area contributed by atoms with E-state index in [2.05, 4.69) is 10.3 Å². The smallest absolute Gasteiger partial charge is 0.237 e. The molecule has 0 radical (unpaired) electrons. The maximum Gasteiger partial charge on any atom is 0.237 e. The van der Waals surface area contributed by atoms with Crippen molar-refractivity contribution in [2.45, 2.75) is 37.6 Å². The summed E-state index contributed by atoms with van der Waals surface area (Å²) >= 11 is 0. The normalized spacial score (nSPS) is 11.4. The summed E-state index contributed by atoms with van der Waals surface area (Å²) < 4.78 is 1.82. The molecule has 30 heavy (non-hydrogen) atoms. The number of hydrogen-bond acceptors (Lipinski definition) is 4. The molecule has 1 heterocycles. The highest BCUT2D eigenvalue weighted by Gasteiger charge is 2.42. The van der Waals surface area contributed by atoms with E-state index >= 15 is 0 Å². The summed E-state index contributed by atoms with van der Waals surface area (Å²) in [6.07, 6.45) is 4.94. The van der Waals surface area contributed by atoms with Crippen LogP contribution >= 0.6 is 0 Å². The lowest BCUT2D eigenvalue weighted by atomic mass is 9.71. The Labute approximate surface area is 178 Å². The van der Waals surface area contributed by atoms with Crippen LogP contribution in [0.4, 0.5) is 0 Å². The second-order valence-electron chi connectivity index (χ2n) is 7.74. The molecule has 2 aromatic carbocycles. The summed E-state index contributed by atoms with van der Waals surface area (Å²) in [6.45, 7) is 0.758. The lowest BCUT2D eigenvalue weighted by Crippen LogP contribution is -2.45. The standard InChI is InChI=1S/C24H30N4O2/c1-27(2)23(30)24(20-11-5-3-6-12-20,21-13-7-4-8-14-21)16-17-28-19-22(25-26-28)15-9-10-18-29/h3-8,11-14,19,29H,9-10,15-18H2,1-2H3. The summed E-state index contributed by atoms with van der Waals surface area (Å²) in [7, 11) is 3.61. The summed E-state index contributed by atoms with van der Waals surface area (Å²) in [5.41, 5.74) is 2.04. The third-order valence-corrected chi connectivity index (χ3v) is 5.45. The molecule has 1 aromatic heterocycles. The van der Waals surface area contributed by atoms with E-state index in [1.165, 1.54) is 0 Å². The van der Waals surface area contributed by atoms with E-state index in [1.54, 1.807) is 19.0 Å². The van der Waals surface area contributed by atoms with Crippen LogP contribution in [0.3, 0.4) is 0 Å². The molecular formula is C24H30N4O2. The maximum absolute atomic E-state index is 13.6. The van der Waals surface area contributed by atoms with Crippen LogP contribution in [0.5, 0.6) is 0 Å². The predicted molar refractivity (Wildman–Crippen MR) is 117 cm³/mol. The van der Waals surface area contributed by atoms with Gasteiger partial charge in [0.15, 0.2) is 0 Å². The Hall–Kier alpha value is -2.99. The maximum atomic E-state index is 13.6. The molecule has 0 fully saturated rings. The lowest BCUT2D eigenvalue weighted by molar-refractivity contribution is -0.133. The van der Waals surface area contributed by atoms with Crippen molar-refractivity contribution in [1.29, 1.82) is 0 Å².